The van der Waals surface area contributed by atoms with Crippen LogP contribution in [0, 0.1) is 5.92 Å². The van der Waals surface area contributed by atoms with E-state index in [2.05, 4.69) is 28.5 Å². The Morgan fingerprint density at radius 1 is 1.55 bits per heavy atom. The van der Waals surface area contributed by atoms with E-state index in [0.29, 0.717) is 23.4 Å². The Labute approximate surface area is 137 Å². The van der Waals surface area contributed by atoms with Gasteiger partial charge in [-0.25, -0.2) is 0 Å². The lowest BCUT2D eigenvalue weighted by Crippen LogP contribution is -2.24. The van der Waals surface area contributed by atoms with E-state index in [1.807, 2.05) is 6.92 Å². The van der Waals surface area contributed by atoms with Gasteiger partial charge in [-0.15, -0.1) is 21.5 Å². The number of nitrogens with one attached hydrogen (secondary N) is 1. The Hall–Kier alpha value is -1.34. The van der Waals surface area contributed by atoms with Crippen LogP contribution in [0.2, 0.25) is 0 Å². The molecule has 1 N–H and O–H groups in total. The van der Waals surface area contributed by atoms with Crippen molar-refractivity contribution >= 4 is 29.0 Å². The van der Waals surface area contributed by atoms with Gasteiger partial charge in [0.2, 0.25) is 5.91 Å². The Balaban J connectivity index is 1.67. The Morgan fingerprint density at radius 3 is 3.23 bits per heavy atom. The zero-order valence-electron chi connectivity index (χ0n) is 12.7. The van der Waals surface area contributed by atoms with E-state index < -0.39 is 0 Å². The van der Waals surface area contributed by atoms with Crippen molar-refractivity contribution in [3.05, 3.63) is 16.5 Å². The molecule has 0 saturated carbocycles. The summed E-state index contributed by atoms with van der Waals surface area (Å²) in [4.78, 5) is 13.9. The fraction of sp³-hybridized carbons (Fsp3) is 0.533. The highest BCUT2D eigenvalue weighted by molar-refractivity contribution is 7.99. The van der Waals surface area contributed by atoms with E-state index in [1.165, 1.54) is 28.6 Å². The number of fused-ring (bicyclic) bond motifs is 1. The first kappa shape index (κ1) is 15.6. The van der Waals surface area contributed by atoms with Gasteiger partial charge in [-0.3, -0.25) is 4.79 Å². The molecule has 0 saturated heterocycles. The molecule has 1 aliphatic carbocycles. The van der Waals surface area contributed by atoms with Crippen molar-refractivity contribution < 1.29 is 9.21 Å². The van der Waals surface area contributed by atoms with Crippen molar-refractivity contribution in [2.24, 2.45) is 5.92 Å². The number of rotatable bonds is 5. The summed E-state index contributed by atoms with van der Waals surface area (Å²) in [5.41, 5.74) is 1.42. The lowest BCUT2D eigenvalue weighted by atomic mass is 9.90. The molecule has 2 heterocycles. The van der Waals surface area contributed by atoms with E-state index in [0.717, 1.165) is 23.6 Å². The summed E-state index contributed by atoms with van der Waals surface area (Å²) in [6.07, 6.45) is 3.54. The quantitative estimate of drug-likeness (QED) is 0.849. The van der Waals surface area contributed by atoms with Crippen molar-refractivity contribution in [3.8, 4) is 10.8 Å². The van der Waals surface area contributed by atoms with Crippen LogP contribution >= 0.6 is 23.1 Å². The van der Waals surface area contributed by atoms with Crippen molar-refractivity contribution in [2.45, 2.75) is 38.3 Å². The summed E-state index contributed by atoms with van der Waals surface area (Å²) in [6.45, 7) is 4.82. The van der Waals surface area contributed by atoms with Gasteiger partial charge in [0, 0.05) is 11.4 Å². The zero-order chi connectivity index (χ0) is 15.5. The lowest BCUT2D eigenvalue weighted by molar-refractivity contribution is -0.118. The summed E-state index contributed by atoms with van der Waals surface area (Å²) in [6, 6.07) is 2.18. The van der Waals surface area contributed by atoms with Crippen molar-refractivity contribution in [1.82, 2.24) is 15.5 Å². The number of carbonyl (C=O) groups excluding carboxylic acids is 1. The molecule has 1 atom stereocenters. The predicted octanol–water partition coefficient (Wildman–Crippen LogP) is 3.15. The van der Waals surface area contributed by atoms with Crippen LogP contribution in [0.3, 0.4) is 0 Å². The number of hydrogen-bond acceptors (Lipinski definition) is 6. The van der Waals surface area contributed by atoms with Gasteiger partial charge in [-0.05, 0) is 43.7 Å². The van der Waals surface area contributed by atoms with Crippen LogP contribution < -0.4 is 5.32 Å². The highest BCUT2D eigenvalue weighted by Gasteiger charge is 2.21. The Morgan fingerprint density at radius 2 is 2.41 bits per heavy atom. The average Bonchev–Trinajstić information content (AvgIpc) is 3.11. The smallest absolute Gasteiger partial charge is 0.277 e. The molecule has 0 aliphatic heterocycles. The Kier molecular flexibility index (Phi) is 4.83. The third-order valence-corrected chi connectivity index (χ3v) is 5.69. The van der Waals surface area contributed by atoms with Crippen LogP contribution in [0.25, 0.3) is 10.8 Å². The van der Waals surface area contributed by atoms with Gasteiger partial charge in [0.15, 0.2) is 0 Å². The third-order valence-electron chi connectivity index (χ3n) is 3.65. The fourth-order valence-corrected chi connectivity index (χ4v) is 4.28. The molecule has 0 bridgehead atoms. The molecule has 1 aliphatic rings. The van der Waals surface area contributed by atoms with Gasteiger partial charge in [-0.2, -0.15) is 0 Å². The van der Waals surface area contributed by atoms with Gasteiger partial charge in [0.25, 0.3) is 11.1 Å². The number of carbonyl (C=O) groups is 1. The second-order valence-corrected chi connectivity index (χ2v) is 7.59. The van der Waals surface area contributed by atoms with Crippen molar-refractivity contribution in [1.29, 1.82) is 0 Å². The number of thiophene rings is 1. The van der Waals surface area contributed by atoms with Crippen LogP contribution in [-0.2, 0) is 17.6 Å². The highest BCUT2D eigenvalue weighted by Crippen LogP contribution is 2.37. The predicted molar refractivity (Wildman–Crippen MR) is 88.2 cm³/mol. The molecule has 2 aromatic rings. The average molecular weight is 337 g/mol. The van der Waals surface area contributed by atoms with Gasteiger partial charge < -0.3 is 9.73 Å². The van der Waals surface area contributed by atoms with E-state index in [9.17, 15) is 4.79 Å². The van der Waals surface area contributed by atoms with Crippen LogP contribution in [0.5, 0.6) is 0 Å². The maximum absolute atomic E-state index is 11.4. The van der Waals surface area contributed by atoms with Crippen LogP contribution in [0.15, 0.2) is 15.7 Å². The van der Waals surface area contributed by atoms with E-state index in [-0.39, 0.29) is 5.91 Å². The van der Waals surface area contributed by atoms with E-state index >= 15 is 0 Å². The molecular formula is C15H19N3O2S2. The first-order valence-corrected chi connectivity index (χ1v) is 9.31. The molecule has 7 heteroatoms. The monoisotopic (exact) mass is 337 g/mol. The molecule has 5 nitrogen and oxygen atoms in total. The highest BCUT2D eigenvalue weighted by atomic mass is 32.2. The fourth-order valence-electron chi connectivity index (χ4n) is 2.55. The minimum Gasteiger partial charge on any atom is -0.410 e. The summed E-state index contributed by atoms with van der Waals surface area (Å²) < 4.78 is 5.67. The van der Waals surface area contributed by atoms with Crippen LogP contribution in [0.1, 0.15) is 30.7 Å². The number of nitrogens with zero attached hydrogens (tertiary/aromatic N) is 2. The van der Waals surface area contributed by atoms with Gasteiger partial charge >= 0.3 is 0 Å². The molecule has 22 heavy (non-hydrogen) atoms. The number of aryl methyl sites for hydroxylation is 1. The molecule has 2 aromatic heterocycles. The normalized spacial score (nSPS) is 17.3. The molecule has 0 aromatic carbocycles. The zero-order valence-corrected chi connectivity index (χ0v) is 14.4. The number of thioether (sulfide) groups is 1. The molecule has 0 radical (unpaired) electrons. The van der Waals surface area contributed by atoms with Crippen LogP contribution in [-0.4, -0.2) is 28.4 Å². The molecule has 3 rings (SSSR count). The first-order chi connectivity index (χ1) is 10.7. The van der Waals surface area contributed by atoms with E-state index in [4.69, 9.17) is 4.42 Å². The molecular weight excluding hydrogens is 318 g/mol. The second kappa shape index (κ2) is 6.83. The van der Waals surface area contributed by atoms with Crippen molar-refractivity contribution in [3.63, 3.8) is 0 Å². The minimum absolute atomic E-state index is 0.0205. The summed E-state index contributed by atoms with van der Waals surface area (Å²) >= 11 is 3.02. The topological polar surface area (TPSA) is 68.0 Å². The molecule has 0 spiro atoms. The Bertz CT molecular complexity index is 666. The van der Waals surface area contributed by atoms with Gasteiger partial charge in [0.05, 0.1) is 10.6 Å². The lowest BCUT2D eigenvalue weighted by Gasteiger charge is -2.16. The second-order valence-electron chi connectivity index (χ2n) is 5.52. The summed E-state index contributed by atoms with van der Waals surface area (Å²) in [5.74, 6) is 1.59. The molecule has 0 fully saturated rings. The van der Waals surface area contributed by atoms with Crippen LogP contribution in [0.4, 0.5) is 0 Å². The maximum Gasteiger partial charge on any atom is 0.277 e. The molecule has 0 unspecified atom stereocenters. The first-order valence-electron chi connectivity index (χ1n) is 7.50. The molecule has 1 amide bonds. The summed E-state index contributed by atoms with van der Waals surface area (Å²) in [5, 5.41) is 11.3. The summed E-state index contributed by atoms with van der Waals surface area (Å²) in [7, 11) is 0. The third kappa shape index (κ3) is 3.52. The SMILES string of the molecule is CCNC(=O)CSc1nnc(-c2cc3c(s2)CC[C@@H](C)C3)o1. The standard InChI is InChI=1S/C15H19N3O2S2/c1-3-16-13(19)8-21-15-18-17-14(20-15)12-7-10-6-9(2)4-5-11(10)22-12/h7,9H,3-6,8H2,1-2H3,(H,16,19)/t9-/m1/s1. The van der Waals surface area contributed by atoms with Gasteiger partial charge in [0.1, 0.15) is 0 Å². The van der Waals surface area contributed by atoms with Gasteiger partial charge in [-0.1, -0.05) is 18.7 Å². The minimum atomic E-state index is -0.0205. The van der Waals surface area contributed by atoms with E-state index in [1.54, 1.807) is 11.3 Å². The number of hydrogen-bond donors (Lipinski definition) is 1. The molecule has 118 valence electrons. The largest absolute Gasteiger partial charge is 0.410 e. The van der Waals surface area contributed by atoms with Crippen molar-refractivity contribution in [2.75, 3.05) is 12.3 Å². The number of amides is 1. The number of aromatic nitrogens is 2. The maximum atomic E-state index is 11.4.